The van der Waals surface area contributed by atoms with E-state index < -0.39 is 0 Å². The number of nitrogens with two attached hydrogens (primary N) is 1. The van der Waals surface area contributed by atoms with Gasteiger partial charge in [0.15, 0.2) is 0 Å². The normalized spacial score (nSPS) is 24.8. The first-order valence-electron chi connectivity index (χ1n) is 7.04. The monoisotopic (exact) mass is 255 g/mol. The van der Waals surface area contributed by atoms with Crippen molar-refractivity contribution in [1.82, 2.24) is 0 Å². The Morgan fingerprint density at radius 1 is 1.16 bits per heavy atom. The van der Waals surface area contributed by atoms with Gasteiger partial charge in [-0.1, -0.05) is 43.3 Å². The number of hydrogen-bond acceptors (Lipinski definition) is 2. The minimum Gasteiger partial charge on any atom is -0.376 e. The first-order valence-corrected chi connectivity index (χ1v) is 7.04. The van der Waals surface area contributed by atoms with Crippen molar-refractivity contribution in [1.29, 1.82) is 0 Å². The van der Waals surface area contributed by atoms with E-state index in [0.717, 1.165) is 13.0 Å². The maximum absolute atomic E-state index is 6.48. The lowest BCUT2D eigenvalue weighted by molar-refractivity contribution is 0.0728. The third-order valence-corrected chi connectivity index (χ3v) is 4.33. The van der Waals surface area contributed by atoms with Crippen LogP contribution in [-0.4, -0.2) is 12.7 Å². The average molecular weight is 255 g/mol. The minimum absolute atomic E-state index is 0.0389. The van der Waals surface area contributed by atoms with Gasteiger partial charge in [-0.3, -0.25) is 0 Å². The molecule has 0 aromatic heterocycles. The highest BCUT2D eigenvalue weighted by atomic mass is 16.5. The van der Waals surface area contributed by atoms with Crippen molar-refractivity contribution in [3.8, 4) is 0 Å². The fourth-order valence-corrected chi connectivity index (χ4v) is 3.12. The highest BCUT2D eigenvalue weighted by Gasteiger charge is 2.31. The first-order chi connectivity index (χ1) is 9.18. The predicted octanol–water partition coefficient (Wildman–Crippen LogP) is 3.57. The Kier molecular flexibility index (Phi) is 3.29. The second-order valence-corrected chi connectivity index (χ2v) is 5.64. The third-order valence-electron chi connectivity index (χ3n) is 4.33. The van der Waals surface area contributed by atoms with E-state index in [1.807, 2.05) is 0 Å². The van der Waals surface area contributed by atoms with Crippen LogP contribution in [0.1, 0.15) is 30.5 Å². The Bertz CT molecular complexity index is 593. The summed E-state index contributed by atoms with van der Waals surface area (Å²) in [6.07, 6.45) is 1.26. The van der Waals surface area contributed by atoms with E-state index >= 15 is 0 Å². The molecule has 1 aliphatic rings. The SMILES string of the molecule is Cc1ccc(C(N)C2OCCC2C)c2ccccc12. The van der Waals surface area contributed by atoms with E-state index in [-0.39, 0.29) is 12.1 Å². The molecule has 100 valence electrons. The molecule has 2 aromatic carbocycles. The molecule has 2 heteroatoms. The summed E-state index contributed by atoms with van der Waals surface area (Å²) in [7, 11) is 0. The summed E-state index contributed by atoms with van der Waals surface area (Å²) >= 11 is 0. The molecule has 0 saturated carbocycles. The number of fused-ring (bicyclic) bond motifs is 1. The van der Waals surface area contributed by atoms with Crippen LogP contribution in [0.4, 0.5) is 0 Å². The second kappa shape index (κ2) is 4.95. The van der Waals surface area contributed by atoms with E-state index in [2.05, 4.69) is 50.2 Å². The zero-order valence-electron chi connectivity index (χ0n) is 11.6. The Hall–Kier alpha value is -1.38. The maximum Gasteiger partial charge on any atom is 0.0794 e. The molecule has 0 amide bonds. The molecule has 2 nitrogen and oxygen atoms in total. The van der Waals surface area contributed by atoms with E-state index in [4.69, 9.17) is 10.5 Å². The fourth-order valence-electron chi connectivity index (χ4n) is 3.12. The minimum atomic E-state index is -0.0389. The molecule has 3 rings (SSSR count). The lowest BCUT2D eigenvalue weighted by Crippen LogP contribution is -2.30. The number of benzene rings is 2. The van der Waals surface area contributed by atoms with Gasteiger partial charge in [-0.25, -0.2) is 0 Å². The van der Waals surface area contributed by atoms with Crippen molar-refractivity contribution in [3.05, 3.63) is 47.5 Å². The molecule has 2 N–H and O–H groups in total. The van der Waals surface area contributed by atoms with Crippen LogP contribution in [0.2, 0.25) is 0 Å². The van der Waals surface area contributed by atoms with E-state index in [1.54, 1.807) is 0 Å². The van der Waals surface area contributed by atoms with E-state index in [0.29, 0.717) is 5.92 Å². The Balaban J connectivity index is 2.07. The van der Waals surface area contributed by atoms with Gasteiger partial charge in [0.2, 0.25) is 0 Å². The van der Waals surface area contributed by atoms with Crippen molar-refractivity contribution in [3.63, 3.8) is 0 Å². The van der Waals surface area contributed by atoms with Gasteiger partial charge in [0.05, 0.1) is 12.1 Å². The van der Waals surface area contributed by atoms with Crippen LogP contribution in [0, 0.1) is 12.8 Å². The molecule has 1 saturated heterocycles. The number of ether oxygens (including phenoxy) is 1. The van der Waals surface area contributed by atoms with Crippen molar-refractivity contribution in [2.24, 2.45) is 11.7 Å². The van der Waals surface area contributed by atoms with Gasteiger partial charge in [0.1, 0.15) is 0 Å². The van der Waals surface area contributed by atoms with E-state index in [1.165, 1.54) is 21.9 Å². The summed E-state index contributed by atoms with van der Waals surface area (Å²) in [5, 5.41) is 2.55. The largest absolute Gasteiger partial charge is 0.376 e. The molecule has 2 aromatic rings. The quantitative estimate of drug-likeness (QED) is 0.890. The maximum atomic E-state index is 6.48. The van der Waals surface area contributed by atoms with Crippen LogP contribution in [0.5, 0.6) is 0 Å². The average Bonchev–Trinajstić information content (AvgIpc) is 2.85. The molecule has 3 atom stereocenters. The predicted molar refractivity (Wildman–Crippen MR) is 79.1 cm³/mol. The lowest BCUT2D eigenvalue weighted by atomic mass is 9.89. The zero-order chi connectivity index (χ0) is 13.4. The first kappa shape index (κ1) is 12.6. The van der Waals surface area contributed by atoms with Crippen molar-refractivity contribution in [2.45, 2.75) is 32.4 Å². The highest BCUT2D eigenvalue weighted by Crippen LogP contribution is 2.33. The van der Waals surface area contributed by atoms with E-state index in [9.17, 15) is 0 Å². The Morgan fingerprint density at radius 2 is 1.89 bits per heavy atom. The van der Waals surface area contributed by atoms with Crippen LogP contribution in [0.15, 0.2) is 36.4 Å². The zero-order valence-corrected chi connectivity index (χ0v) is 11.6. The molecular weight excluding hydrogens is 234 g/mol. The van der Waals surface area contributed by atoms with Crippen LogP contribution in [0.3, 0.4) is 0 Å². The summed E-state index contributed by atoms with van der Waals surface area (Å²) < 4.78 is 5.84. The molecule has 1 aliphatic heterocycles. The molecule has 1 heterocycles. The summed E-state index contributed by atoms with van der Waals surface area (Å²) in [4.78, 5) is 0. The van der Waals surface area contributed by atoms with Gasteiger partial charge in [-0.2, -0.15) is 0 Å². The molecule has 3 unspecified atom stereocenters. The smallest absolute Gasteiger partial charge is 0.0794 e. The molecule has 0 radical (unpaired) electrons. The molecule has 0 aliphatic carbocycles. The van der Waals surface area contributed by atoms with Crippen molar-refractivity contribution < 1.29 is 4.74 Å². The molecule has 19 heavy (non-hydrogen) atoms. The topological polar surface area (TPSA) is 35.2 Å². The summed E-state index contributed by atoms with van der Waals surface area (Å²) in [6.45, 7) is 5.21. The number of rotatable bonds is 2. The van der Waals surface area contributed by atoms with Gasteiger partial charge < -0.3 is 10.5 Å². The molecule has 0 spiro atoms. The molecule has 1 fully saturated rings. The Labute approximate surface area is 114 Å². The van der Waals surface area contributed by atoms with Crippen molar-refractivity contribution in [2.75, 3.05) is 6.61 Å². The Morgan fingerprint density at radius 3 is 2.58 bits per heavy atom. The molecular formula is C17H21NO. The van der Waals surface area contributed by atoms with Gasteiger partial charge in [0, 0.05) is 6.61 Å². The standard InChI is InChI=1S/C17H21NO/c1-11-7-8-15(14-6-4-3-5-13(11)14)16(18)17-12(2)9-10-19-17/h3-8,12,16-17H,9-10,18H2,1-2H3. The number of hydrogen-bond donors (Lipinski definition) is 1. The van der Waals surface area contributed by atoms with Gasteiger partial charge in [-0.05, 0) is 41.2 Å². The third kappa shape index (κ3) is 2.15. The summed E-state index contributed by atoms with van der Waals surface area (Å²) in [5.41, 5.74) is 8.99. The summed E-state index contributed by atoms with van der Waals surface area (Å²) in [5.74, 6) is 0.537. The number of aryl methyl sites for hydroxylation is 1. The summed E-state index contributed by atoms with van der Waals surface area (Å²) in [6, 6.07) is 12.8. The highest BCUT2D eigenvalue weighted by molar-refractivity contribution is 5.89. The fraction of sp³-hybridized carbons (Fsp3) is 0.412. The van der Waals surface area contributed by atoms with Crippen LogP contribution >= 0.6 is 0 Å². The molecule has 0 bridgehead atoms. The van der Waals surface area contributed by atoms with Crippen molar-refractivity contribution >= 4 is 10.8 Å². The van der Waals surface area contributed by atoms with Crippen LogP contribution < -0.4 is 5.73 Å². The van der Waals surface area contributed by atoms with Crippen LogP contribution in [0.25, 0.3) is 10.8 Å². The van der Waals surface area contributed by atoms with Gasteiger partial charge >= 0.3 is 0 Å². The van der Waals surface area contributed by atoms with Gasteiger partial charge in [-0.15, -0.1) is 0 Å². The van der Waals surface area contributed by atoms with Gasteiger partial charge in [0.25, 0.3) is 0 Å². The van der Waals surface area contributed by atoms with Crippen LogP contribution in [-0.2, 0) is 4.74 Å². The second-order valence-electron chi connectivity index (χ2n) is 5.64. The lowest BCUT2D eigenvalue weighted by Gasteiger charge is -2.24.